The normalized spacial score (nSPS) is 11.0. The number of nitrogens with one attached hydrogen (secondary N) is 1. The first-order valence-corrected chi connectivity index (χ1v) is 8.30. The standard InChI is InChI=1S/C20H18N4O2/c1-13-9-10-24(12-13)15-5-3-14(4-6-15)11-17-21-16-7-8-18(26-2)23-19(16)20(25)22-17/h3-10,12H,11H2,1-2H3,(H,21,22,25). The fourth-order valence-corrected chi connectivity index (χ4v) is 2.90. The molecule has 0 aliphatic rings. The van der Waals surface area contributed by atoms with E-state index in [2.05, 4.69) is 50.8 Å². The number of hydrogen-bond acceptors (Lipinski definition) is 4. The minimum absolute atomic E-state index is 0.261. The molecule has 26 heavy (non-hydrogen) atoms. The van der Waals surface area contributed by atoms with Crippen LogP contribution in [-0.2, 0) is 6.42 Å². The summed E-state index contributed by atoms with van der Waals surface area (Å²) in [7, 11) is 1.52. The van der Waals surface area contributed by atoms with E-state index in [1.165, 1.54) is 12.7 Å². The lowest BCUT2D eigenvalue weighted by Crippen LogP contribution is -2.13. The van der Waals surface area contributed by atoms with Gasteiger partial charge >= 0.3 is 0 Å². The molecule has 1 N–H and O–H groups in total. The maximum absolute atomic E-state index is 12.3. The van der Waals surface area contributed by atoms with Gasteiger partial charge in [0.25, 0.3) is 5.56 Å². The van der Waals surface area contributed by atoms with Crippen LogP contribution in [0.2, 0.25) is 0 Å². The molecular weight excluding hydrogens is 328 g/mol. The molecular formula is C20H18N4O2. The number of aromatic amines is 1. The van der Waals surface area contributed by atoms with Crippen LogP contribution in [0, 0.1) is 6.92 Å². The molecule has 0 atom stereocenters. The average Bonchev–Trinajstić information content (AvgIpc) is 3.08. The number of ether oxygens (including phenoxy) is 1. The summed E-state index contributed by atoms with van der Waals surface area (Å²) in [6, 6.07) is 13.7. The second-order valence-electron chi connectivity index (χ2n) is 6.17. The van der Waals surface area contributed by atoms with Crippen molar-refractivity contribution in [3.8, 4) is 11.6 Å². The van der Waals surface area contributed by atoms with Gasteiger partial charge in [-0.25, -0.2) is 9.97 Å². The molecule has 3 aromatic heterocycles. The Balaban J connectivity index is 1.61. The summed E-state index contributed by atoms with van der Waals surface area (Å²) < 4.78 is 7.14. The highest BCUT2D eigenvalue weighted by Gasteiger charge is 2.08. The van der Waals surface area contributed by atoms with Crippen LogP contribution in [0.5, 0.6) is 5.88 Å². The summed E-state index contributed by atoms with van der Waals surface area (Å²) >= 11 is 0. The molecule has 6 nitrogen and oxygen atoms in total. The zero-order valence-electron chi connectivity index (χ0n) is 14.6. The summed E-state index contributed by atoms with van der Waals surface area (Å²) in [5.41, 5.74) is 3.97. The minimum atomic E-state index is -0.261. The number of aromatic nitrogens is 4. The van der Waals surface area contributed by atoms with Gasteiger partial charge in [0.05, 0.1) is 12.6 Å². The van der Waals surface area contributed by atoms with Crippen LogP contribution < -0.4 is 10.3 Å². The average molecular weight is 346 g/mol. The Morgan fingerprint density at radius 1 is 1.08 bits per heavy atom. The lowest BCUT2D eigenvalue weighted by molar-refractivity contribution is 0.399. The third-order valence-corrected chi connectivity index (χ3v) is 4.23. The molecule has 4 rings (SSSR count). The van der Waals surface area contributed by atoms with Gasteiger partial charge in [-0.1, -0.05) is 12.1 Å². The van der Waals surface area contributed by atoms with E-state index in [1.807, 2.05) is 18.3 Å². The summed E-state index contributed by atoms with van der Waals surface area (Å²) in [5, 5.41) is 0. The van der Waals surface area contributed by atoms with Gasteiger partial charge in [0.2, 0.25) is 5.88 Å². The number of pyridine rings is 1. The number of nitrogens with zero attached hydrogens (tertiary/aromatic N) is 3. The third kappa shape index (κ3) is 3.09. The number of benzene rings is 1. The van der Waals surface area contributed by atoms with Crippen LogP contribution >= 0.6 is 0 Å². The van der Waals surface area contributed by atoms with Crippen molar-refractivity contribution in [3.05, 3.63) is 82.2 Å². The molecule has 0 bridgehead atoms. The monoisotopic (exact) mass is 346 g/mol. The van der Waals surface area contributed by atoms with Crippen molar-refractivity contribution in [3.63, 3.8) is 0 Å². The molecule has 0 fully saturated rings. The summed E-state index contributed by atoms with van der Waals surface area (Å²) in [5.74, 6) is 1.01. The molecule has 0 spiro atoms. The van der Waals surface area contributed by atoms with Gasteiger partial charge in [-0.15, -0.1) is 0 Å². The molecule has 130 valence electrons. The zero-order valence-corrected chi connectivity index (χ0v) is 14.6. The Hall–Kier alpha value is -3.41. The highest BCUT2D eigenvalue weighted by molar-refractivity contribution is 5.73. The SMILES string of the molecule is COc1ccc2nc(Cc3ccc(-n4ccc(C)c4)cc3)[nH]c(=O)c2n1. The maximum Gasteiger partial charge on any atom is 0.277 e. The van der Waals surface area contributed by atoms with Gasteiger partial charge in [-0.05, 0) is 42.3 Å². The number of hydrogen-bond donors (Lipinski definition) is 1. The molecule has 0 radical (unpaired) electrons. The van der Waals surface area contributed by atoms with E-state index in [9.17, 15) is 4.79 Å². The predicted octanol–water partition coefficient (Wildman–Crippen LogP) is 3.02. The molecule has 0 unspecified atom stereocenters. The van der Waals surface area contributed by atoms with Gasteiger partial charge in [0, 0.05) is 30.6 Å². The van der Waals surface area contributed by atoms with Crippen LogP contribution in [-0.4, -0.2) is 26.6 Å². The van der Waals surface area contributed by atoms with E-state index in [4.69, 9.17) is 4.74 Å². The molecule has 6 heteroatoms. The predicted molar refractivity (Wildman–Crippen MR) is 100 cm³/mol. The molecule has 1 aromatic carbocycles. The van der Waals surface area contributed by atoms with Crippen LogP contribution in [0.15, 0.2) is 59.7 Å². The Labute approximate surface area is 150 Å². The highest BCUT2D eigenvalue weighted by Crippen LogP contribution is 2.15. The van der Waals surface area contributed by atoms with Crippen molar-refractivity contribution < 1.29 is 4.74 Å². The zero-order chi connectivity index (χ0) is 18.1. The lowest BCUT2D eigenvalue weighted by Gasteiger charge is -2.06. The largest absolute Gasteiger partial charge is 0.481 e. The van der Waals surface area contributed by atoms with Gasteiger partial charge in [0.1, 0.15) is 5.82 Å². The second-order valence-corrected chi connectivity index (χ2v) is 6.17. The van der Waals surface area contributed by atoms with Gasteiger partial charge in [0.15, 0.2) is 5.52 Å². The highest BCUT2D eigenvalue weighted by atomic mass is 16.5. The van der Waals surface area contributed by atoms with Crippen molar-refractivity contribution in [2.24, 2.45) is 0 Å². The third-order valence-electron chi connectivity index (χ3n) is 4.23. The second kappa shape index (κ2) is 6.48. The first-order chi connectivity index (χ1) is 12.6. The first-order valence-electron chi connectivity index (χ1n) is 8.30. The van der Waals surface area contributed by atoms with E-state index < -0.39 is 0 Å². The number of methoxy groups -OCH3 is 1. The van der Waals surface area contributed by atoms with Crippen LogP contribution in [0.1, 0.15) is 17.0 Å². The quantitative estimate of drug-likeness (QED) is 0.616. The molecule has 0 amide bonds. The van der Waals surface area contributed by atoms with E-state index in [0.717, 1.165) is 11.3 Å². The van der Waals surface area contributed by atoms with Crippen molar-refractivity contribution in [2.45, 2.75) is 13.3 Å². The molecule has 3 heterocycles. The van der Waals surface area contributed by atoms with E-state index >= 15 is 0 Å². The Kier molecular flexibility index (Phi) is 4.01. The number of fused-ring (bicyclic) bond motifs is 1. The fraction of sp³-hybridized carbons (Fsp3) is 0.150. The van der Waals surface area contributed by atoms with Crippen LogP contribution in [0.3, 0.4) is 0 Å². The van der Waals surface area contributed by atoms with Gasteiger partial charge in [-0.3, -0.25) is 4.79 Å². The molecule has 0 aliphatic heterocycles. The van der Waals surface area contributed by atoms with Crippen molar-refractivity contribution in [1.82, 2.24) is 19.5 Å². The number of H-pyrrole nitrogens is 1. The molecule has 0 aliphatic carbocycles. The van der Waals surface area contributed by atoms with Crippen molar-refractivity contribution in [1.29, 1.82) is 0 Å². The Morgan fingerprint density at radius 2 is 1.88 bits per heavy atom. The summed E-state index contributed by atoms with van der Waals surface area (Å²) in [4.78, 5) is 23.8. The molecule has 0 saturated heterocycles. The van der Waals surface area contributed by atoms with Crippen LogP contribution in [0.4, 0.5) is 0 Å². The maximum atomic E-state index is 12.3. The van der Waals surface area contributed by atoms with Crippen molar-refractivity contribution in [2.75, 3.05) is 7.11 Å². The molecule has 4 aromatic rings. The van der Waals surface area contributed by atoms with E-state index in [1.54, 1.807) is 12.1 Å². The van der Waals surface area contributed by atoms with Crippen molar-refractivity contribution >= 4 is 11.0 Å². The summed E-state index contributed by atoms with van der Waals surface area (Å²) in [6.07, 6.45) is 4.66. The minimum Gasteiger partial charge on any atom is -0.481 e. The Bertz CT molecular complexity index is 1130. The number of rotatable bonds is 4. The fourth-order valence-electron chi connectivity index (χ4n) is 2.90. The number of aryl methyl sites for hydroxylation is 1. The Morgan fingerprint density at radius 3 is 2.58 bits per heavy atom. The molecule has 0 saturated carbocycles. The van der Waals surface area contributed by atoms with Gasteiger partial charge < -0.3 is 14.3 Å². The topological polar surface area (TPSA) is 72.8 Å². The lowest BCUT2D eigenvalue weighted by atomic mass is 10.1. The van der Waals surface area contributed by atoms with Gasteiger partial charge in [-0.2, -0.15) is 0 Å². The first kappa shape index (κ1) is 16.1. The van der Waals surface area contributed by atoms with Crippen LogP contribution in [0.25, 0.3) is 16.7 Å². The summed E-state index contributed by atoms with van der Waals surface area (Å²) in [6.45, 7) is 2.07. The smallest absolute Gasteiger partial charge is 0.277 e. The van der Waals surface area contributed by atoms with E-state index in [0.29, 0.717) is 23.6 Å². The van der Waals surface area contributed by atoms with E-state index in [-0.39, 0.29) is 11.1 Å².